The first-order chi connectivity index (χ1) is 13.9. The molecule has 0 saturated carbocycles. The number of carboxylic acids is 1. The molecule has 29 heavy (non-hydrogen) atoms. The summed E-state index contributed by atoms with van der Waals surface area (Å²) in [6, 6.07) is 3.45. The third-order valence-electron chi connectivity index (χ3n) is 5.15. The van der Waals surface area contributed by atoms with Crippen molar-refractivity contribution in [3.63, 3.8) is 0 Å². The molecule has 1 aliphatic heterocycles. The first kappa shape index (κ1) is 19.3. The van der Waals surface area contributed by atoms with E-state index in [-0.39, 0.29) is 17.0 Å². The Kier molecular flexibility index (Phi) is 4.96. The van der Waals surface area contributed by atoms with Gasteiger partial charge in [0.15, 0.2) is 11.6 Å². The fourth-order valence-electron chi connectivity index (χ4n) is 3.85. The molecule has 1 fully saturated rings. The SMILES string of the molecule is O=C(O)c1cnc2c(-c3cc(F)cc(F)c3F)c(F)ccc2c1C1CCOCC1. The van der Waals surface area contributed by atoms with Gasteiger partial charge < -0.3 is 9.84 Å². The van der Waals surface area contributed by atoms with Crippen LogP contribution in [-0.4, -0.2) is 29.3 Å². The van der Waals surface area contributed by atoms with E-state index in [1.54, 1.807) is 0 Å². The summed E-state index contributed by atoms with van der Waals surface area (Å²) in [4.78, 5) is 15.8. The van der Waals surface area contributed by atoms with Crippen LogP contribution < -0.4 is 0 Å². The van der Waals surface area contributed by atoms with Crippen LogP contribution in [-0.2, 0) is 4.74 Å². The van der Waals surface area contributed by atoms with Gasteiger partial charge in [-0.3, -0.25) is 4.98 Å². The van der Waals surface area contributed by atoms with Gasteiger partial charge in [-0.15, -0.1) is 0 Å². The Labute approximate surface area is 162 Å². The molecule has 8 heteroatoms. The number of pyridine rings is 1. The van der Waals surface area contributed by atoms with Crippen molar-refractivity contribution < 1.29 is 32.2 Å². The van der Waals surface area contributed by atoms with Gasteiger partial charge in [0.05, 0.1) is 11.1 Å². The second-order valence-electron chi connectivity index (χ2n) is 6.85. The minimum absolute atomic E-state index is 0.0483. The van der Waals surface area contributed by atoms with E-state index in [4.69, 9.17) is 4.74 Å². The van der Waals surface area contributed by atoms with Gasteiger partial charge in [-0.05, 0) is 42.5 Å². The zero-order chi connectivity index (χ0) is 20.7. The Morgan fingerprint density at radius 2 is 1.79 bits per heavy atom. The van der Waals surface area contributed by atoms with E-state index in [1.807, 2.05) is 0 Å². The number of fused-ring (bicyclic) bond motifs is 1. The molecule has 0 spiro atoms. The number of rotatable bonds is 3. The molecule has 4 rings (SSSR count). The van der Waals surface area contributed by atoms with Gasteiger partial charge >= 0.3 is 5.97 Å². The van der Waals surface area contributed by atoms with Crippen molar-refractivity contribution in [3.8, 4) is 11.1 Å². The molecule has 150 valence electrons. The minimum atomic E-state index is -1.46. The number of nitrogens with zero attached hydrogens (tertiary/aromatic N) is 1. The normalized spacial score (nSPS) is 15.0. The third kappa shape index (κ3) is 3.33. The van der Waals surface area contributed by atoms with Gasteiger partial charge in [0.2, 0.25) is 0 Å². The number of halogens is 4. The highest BCUT2D eigenvalue weighted by Gasteiger charge is 2.27. The molecule has 1 saturated heterocycles. The molecule has 2 heterocycles. The van der Waals surface area contributed by atoms with Gasteiger partial charge in [0, 0.05) is 42.0 Å². The van der Waals surface area contributed by atoms with Crippen LogP contribution in [0.25, 0.3) is 22.0 Å². The topological polar surface area (TPSA) is 59.4 Å². The van der Waals surface area contributed by atoms with Crippen LogP contribution in [0.4, 0.5) is 17.6 Å². The van der Waals surface area contributed by atoms with E-state index in [9.17, 15) is 27.5 Å². The summed E-state index contributed by atoms with van der Waals surface area (Å²) < 4.78 is 61.9. The lowest BCUT2D eigenvalue weighted by molar-refractivity contribution is 0.0685. The summed E-state index contributed by atoms with van der Waals surface area (Å²) in [6.45, 7) is 0.872. The average molecular weight is 405 g/mol. The molecule has 0 atom stereocenters. The summed E-state index contributed by atoms with van der Waals surface area (Å²) in [5, 5.41) is 9.91. The van der Waals surface area contributed by atoms with Crippen molar-refractivity contribution in [2.24, 2.45) is 0 Å². The number of hydrogen-bond donors (Lipinski definition) is 1. The van der Waals surface area contributed by atoms with Crippen LogP contribution in [0.5, 0.6) is 0 Å². The molecule has 1 aliphatic rings. The maximum absolute atomic E-state index is 14.7. The fraction of sp³-hybridized carbons (Fsp3) is 0.238. The van der Waals surface area contributed by atoms with Gasteiger partial charge in [-0.1, -0.05) is 0 Å². The lowest BCUT2D eigenvalue weighted by atomic mass is 9.85. The Morgan fingerprint density at radius 3 is 2.48 bits per heavy atom. The van der Waals surface area contributed by atoms with E-state index in [2.05, 4.69) is 4.98 Å². The highest BCUT2D eigenvalue weighted by atomic mass is 19.2. The zero-order valence-corrected chi connectivity index (χ0v) is 15.0. The van der Waals surface area contributed by atoms with Crippen LogP contribution in [0, 0.1) is 23.3 Å². The number of aromatic nitrogens is 1. The molecular weight excluding hydrogens is 390 g/mol. The van der Waals surface area contributed by atoms with E-state index >= 15 is 0 Å². The van der Waals surface area contributed by atoms with Crippen LogP contribution in [0.3, 0.4) is 0 Å². The predicted molar refractivity (Wildman–Crippen MR) is 96.8 cm³/mol. The summed E-state index contributed by atoms with van der Waals surface area (Å²) in [7, 11) is 0. The van der Waals surface area contributed by atoms with Crippen molar-refractivity contribution in [1.29, 1.82) is 0 Å². The molecule has 0 bridgehead atoms. The van der Waals surface area contributed by atoms with E-state index in [0.717, 1.165) is 12.3 Å². The van der Waals surface area contributed by atoms with Crippen molar-refractivity contribution in [1.82, 2.24) is 4.98 Å². The summed E-state index contributed by atoms with van der Waals surface area (Å²) in [5.74, 6) is -6.24. The molecule has 3 aromatic rings. The molecule has 1 aromatic heterocycles. The largest absolute Gasteiger partial charge is 0.478 e. The summed E-state index contributed by atoms with van der Waals surface area (Å²) in [5.41, 5.74) is -0.694. The van der Waals surface area contributed by atoms with E-state index < -0.39 is 40.4 Å². The monoisotopic (exact) mass is 405 g/mol. The van der Waals surface area contributed by atoms with Crippen LogP contribution in [0.2, 0.25) is 0 Å². The molecule has 2 aromatic carbocycles. The van der Waals surface area contributed by atoms with Crippen molar-refractivity contribution in [3.05, 3.63) is 64.9 Å². The number of hydrogen-bond acceptors (Lipinski definition) is 3. The first-order valence-corrected chi connectivity index (χ1v) is 8.95. The Morgan fingerprint density at radius 1 is 1.07 bits per heavy atom. The molecule has 0 amide bonds. The Hall–Kier alpha value is -3.00. The first-order valence-electron chi connectivity index (χ1n) is 8.95. The molecular formula is C21H15F4NO3. The lowest BCUT2D eigenvalue weighted by Crippen LogP contribution is -2.18. The number of carboxylic acid groups (broad SMARTS) is 1. The summed E-state index contributed by atoms with van der Waals surface area (Å²) >= 11 is 0. The molecule has 0 radical (unpaired) electrons. The van der Waals surface area contributed by atoms with Crippen LogP contribution >= 0.6 is 0 Å². The molecule has 4 nitrogen and oxygen atoms in total. The standard InChI is InChI=1S/C21H15F4NO3/c22-11-7-13(19(25)16(24)8-11)18-15(23)2-1-12-17(10-3-5-29-6-4-10)14(21(27)28)9-26-20(12)18/h1-2,7-10H,3-6H2,(H,27,28). The van der Waals surface area contributed by atoms with E-state index in [1.165, 1.54) is 6.07 Å². The van der Waals surface area contributed by atoms with Crippen LogP contribution in [0.15, 0.2) is 30.5 Å². The molecule has 1 N–H and O–H groups in total. The van der Waals surface area contributed by atoms with Gasteiger partial charge in [-0.2, -0.15) is 0 Å². The highest BCUT2D eigenvalue weighted by molar-refractivity contribution is 6.01. The second kappa shape index (κ2) is 7.44. The van der Waals surface area contributed by atoms with Gasteiger partial charge in [0.1, 0.15) is 11.6 Å². The smallest absolute Gasteiger partial charge is 0.337 e. The number of carbonyl (C=O) groups is 1. The predicted octanol–water partition coefficient (Wildman–Crippen LogP) is 5.05. The van der Waals surface area contributed by atoms with Gasteiger partial charge in [-0.25, -0.2) is 22.4 Å². The van der Waals surface area contributed by atoms with Gasteiger partial charge in [0.25, 0.3) is 0 Å². The number of ether oxygens (including phenoxy) is 1. The lowest BCUT2D eigenvalue weighted by Gasteiger charge is -2.25. The Balaban J connectivity index is 2.06. The van der Waals surface area contributed by atoms with Crippen LogP contribution in [0.1, 0.15) is 34.7 Å². The molecule has 0 aliphatic carbocycles. The quantitative estimate of drug-likeness (QED) is 0.489. The van der Waals surface area contributed by atoms with Crippen molar-refractivity contribution in [2.45, 2.75) is 18.8 Å². The summed E-state index contributed by atoms with van der Waals surface area (Å²) in [6.07, 6.45) is 2.18. The maximum atomic E-state index is 14.7. The minimum Gasteiger partial charge on any atom is -0.478 e. The maximum Gasteiger partial charge on any atom is 0.337 e. The van der Waals surface area contributed by atoms with E-state index in [0.29, 0.717) is 49.1 Å². The number of aromatic carboxylic acids is 1. The van der Waals surface area contributed by atoms with Crippen molar-refractivity contribution in [2.75, 3.05) is 13.2 Å². The van der Waals surface area contributed by atoms with Crippen molar-refractivity contribution >= 4 is 16.9 Å². The fourth-order valence-corrected chi connectivity index (χ4v) is 3.85. The third-order valence-corrected chi connectivity index (χ3v) is 5.15. The average Bonchev–Trinajstić information content (AvgIpc) is 2.70. The highest BCUT2D eigenvalue weighted by Crippen LogP contribution is 2.39. The zero-order valence-electron chi connectivity index (χ0n) is 15.0. The second-order valence-corrected chi connectivity index (χ2v) is 6.85. The Bertz CT molecular complexity index is 1130. The number of benzene rings is 2. The molecule has 0 unspecified atom stereocenters.